The predicted molar refractivity (Wildman–Crippen MR) is 101 cm³/mol. The van der Waals surface area contributed by atoms with Crippen molar-refractivity contribution in [2.75, 3.05) is 19.6 Å². The summed E-state index contributed by atoms with van der Waals surface area (Å²) in [6.07, 6.45) is 0. The lowest BCUT2D eigenvalue weighted by molar-refractivity contribution is 0.0786. The molecule has 1 saturated heterocycles. The SMILES string of the molecule is Cc1cc(C)cc(C(=O)N2C[C@@H](CN)[C@H](c3ccccc3)C2)c1.Cl. The molecule has 3 nitrogen and oxygen atoms in total. The zero-order chi connectivity index (χ0) is 16.4. The van der Waals surface area contributed by atoms with Gasteiger partial charge in [0.05, 0.1) is 0 Å². The van der Waals surface area contributed by atoms with Gasteiger partial charge in [0.2, 0.25) is 0 Å². The summed E-state index contributed by atoms with van der Waals surface area (Å²) in [4.78, 5) is 14.8. The Labute approximate surface area is 150 Å². The van der Waals surface area contributed by atoms with Crippen LogP contribution >= 0.6 is 12.4 Å². The maximum absolute atomic E-state index is 12.9. The van der Waals surface area contributed by atoms with Crippen LogP contribution in [0.15, 0.2) is 48.5 Å². The predicted octanol–water partition coefficient (Wildman–Crippen LogP) is 3.54. The average Bonchev–Trinajstić information content (AvgIpc) is 2.98. The molecule has 1 amide bonds. The van der Waals surface area contributed by atoms with Crippen molar-refractivity contribution in [3.63, 3.8) is 0 Å². The van der Waals surface area contributed by atoms with Gasteiger partial charge in [0.25, 0.3) is 5.91 Å². The summed E-state index contributed by atoms with van der Waals surface area (Å²) in [5.74, 6) is 0.775. The van der Waals surface area contributed by atoms with E-state index in [-0.39, 0.29) is 18.3 Å². The normalized spacial score (nSPS) is 19.9. The number of hydrogen-bond donors (Lipinski definition) is 1. The summed E-state index contributed by atoms with van der Waals surface area (Å²) in [6, 6.07) is 16.4. The van der Waals surface area contributed by atoms with E-state index in [2.05, 4.69) is 30.3 Å². The summed E-state index contributed by atoms with van der Waals surface area (Å²) in [5, 5.41) is 0. The number of likely N-dealkylation sites (tertiary alicyclic amines) is 1. The minimum absolute atomic E-state index is 0. The second-order valence-corrected chi connectivity index (χ2v) is 6.60. The van der Waals surface area contributed by atoms with Crippen LogP contribution in [0.25, 0.3) is 0 Å². The molecule has 3 rings (SSSR count). The second-order valence-electron chi connectivity index (χ2n) is 6.60. The zero-order valence-corrected chi connectivity index (χ0v) is 15.1. The maximum atomic E-state index is 12.9. The number of hydrogen-bond acceptors (Lipinski definition) is 2. The smallest absolute Gasteiger partial charge is 0.253 e. The van der Waals surface area contributed by atoms with Crippen molar-refractivity contribution in [1.29, 1.82) is 0 Å². The molecule has 2 N–H and O–H groups in total. The van der Waals surface area contributed by atoms with E-state index in [1.54, 1.807) is 0 Å². The summed E-state index contributed by atoms with van der Waals surface area (Å²) >= 11 is 0. The van der Waals surface area contributed by atoms with Gasteiger partial charge in [-0.25, -0.2) is 0 Å². The van der Waals surface area contributed by atoms with Gasteiger partial charge in [0.15, 0.2) is 0 Å². The van der Waals surface area contributed by atoms with Gasteiger partial charge < -0.3 is 10.6 Å². The van der Waals surface area contributed by atoms with Crippen molar-refractivity contribution >= 4 is 18.3 Å². The highest BCUT2D eigenvalue weighted by Gasteiger charge is 2.35. The highest BCUT2D eigenvalue weighted by Crippen LogP contribution is 2.32. The molecule has 0 aliphatic carbocycles. The largest absolute Gasteiger partial charge is 0.338 e. The molecule has 2 aromatic rings. The van der Waals surface area contributed by atoms with Crippen LogP contribution in [0.2, 0.25) is 0 Å². The van der Waals surface area contributed by atoms with Gasteiger partial charge in [0, 0.05) is 24.6 Å². The number of rotatable bonds is 3. The molecule has 2 atom stereocenters. The Kier molecular flexibility index (Phi) is 6.03. The van der Waals surface area contributed by atoms with Crippen LogP contribution in [0.4, 0.5) is 0 Å². The van der Waals surface area contributed by atoms with Gasteiger partial charge in [-0.3, -0.25) is 4.79 Å². The molecule has 1 heterocycles. The van der Waals surface area contributed by atoms with E-state index < -0.39 is 0 Å². The number of nitrogens with two attached hydrogens (primary N) is 1. The quantitative estimate of drug-likeness (QED) is 0.925. The van der Waals surface area contributed by atoms with Crippen molar-refractivity contribution in [1.82, 2.24) is 4.90 Å². The molecule has 1 aliphatic rings. The van der Waals surface area contributed by atoms with Crippen LogP contribution in [0.3, 0.4) is 0 Å². The minimum Gasteiger partial charge on any atom is -0.338 e. The van der Waals surface area contributed by atoms with Gasteiger partial charge in [-0.1, -0.05) is 47.5 Å². The van der Waals surface area contributed by atoms with Gasteiger partial charge in [-0.2, -0.15) is 0 Å². The fraction of sp³-hybridized carbons (Fsp3) is 0.350. The molecule has 0 radical (unpaired) electrons. The third-order valence-electron chi connectivity index (χ3n) is 4.73. The molecule has 0 bridgehead atoms. The number of benzene rings is 2. The third kappa shape index (κ3) is 3.80. The maximum Gasteiger partial charge on any atom is 0.253 e. The van der Waals surface area contributed by atoms with Crippen molar-refractivity contribution in [2.24, 2.45) is 11.7 Å². The van der Waals surface area contributed by atoms with E-state index in [1.165, 1.54) is 5.56 Å². The molecular weight excluding hydrogens is 320 g/mol. The second kappa shape index (κ2) is 7.82. The highest BCUT2D eigenvalue weighted by molar-refractivity contribution is 5.95. The lowest BCUT2D eigenvalue weighted by Crippen LogP contribution is -2.30. The van der Waals surface area contributed by atoms with E-state index in [0.29, 0.717) is 18.4 Å². The molecule has 24 heavy (non-hydrogen) atoms. The number of halogens is 1. The van der Waals surface area contributed by atoms with Crippen LogP contribution < -0.4 is 5.73 Å². The Morgan fingerprint density at radius 1 is 1.08 bits per heavy atom. The average molecular weight is 345 g/mol. The summed E-state index contributed by atoms with van der Waals surface area (Å²) in [7, 11) is 0. The number of carbonyl (C=O) groups is 1. The van der Waals surface area contributed by atoms with Crippen molar-refractivity contribution < 1.29 is 4.79 Å². The van der Waals surface area contributed by atoms with Crippen molar-refractivity contribution in [3.05, 3.63) is 70.8 Å². The lowest BCUT2D eigenvalue weighted by Gasteiger charge is -2.17. The molecule has 0 spiro atoms. The molecule has 128 valence electrons. The summed E-state index contributed by atoms with van der Waals surface area (Å²) in [5.41, 5.74) is 10.3. The number of amides is 1. The number of carbonyl (C=O) groups excluding carboxylic acids is 1. The van der Waals surface area contributed by atoms with Gasteiger partial charge in [0.1, 0.15) is 0 Å². The Morgan fingerprint density at radius 3 is 2.29 bits per heavy atom. The van der Waals surface area contributed by atoms with Crippen LogP contribution in [0.1, 0.15) is 33.0 Å². The van der Waals surface area contributed by atoms with E-state index in [9.17, 15) is 4.79 Å². The first-order valence-corrected chi connectivity index (χ1v) is 8.21. The first-order chi connectivity index (χ1) is 11.1. The topological polar surface area (TPSA) is 46.3 Å². The Hall–Kier alpha value is -1.84. The van der Waals surface area contributed by atoms with Crippen LogP contribution in [0, 0.1) is 19.8 Å². The molecule has 1 fully saturated rings. The molecule has 0 aromatic heterocycles. The summed E-state index contributed by atoms with van der Waals surface area (Å²) in [6.45, 7) is 6.15. The molecule has 1 aliphatic heterocycles. The van der Waals surface area contributed by atoms with E-state index in [0.717, 1.165) is 29.8 Å². The van der Waals surface area contributed by atoms with E-state index >= 15 is 0 Å². The highest BCUT2D eigenvalue weighted by atomic mass is 35.5. The van der Waals surface area contributed by atoms with Gasteiger partial charge in [-0.05, 0) is 44.0 Å². The molecule has 0 saturated carbocycles. The minimum atomic E-state index is 0. The van der Waals surface area contributed by atoms with Crippen LogP contribution in [0.5, 0.6) is 0 Å². The standard InChI is InChI=1S/C20H24N2O.ClH/c1-14-8-15(2)10-17(9-14)20(23)22-12-18(11-21)19(13-22)16-6-4-3-5-7-16;/h3-10,18-19H,11-13,21H2,1-2H3;1H/t18-,19+;/m1./s1. The first-order valence-electron chi connectivity index (χ1n) is 8.21. The van der Waals surface area contributed by atoms with Gasteiger partial charge in [-0.15, -0.1) is 12.4 Å². The van der Waals surface area contributed by atoms with Crippen LogP contribution in [-0.2, 0) is 0 Å². The Morgan fingerprint density at radius 2 is 1.71 bits per heavy atom. The molecular formula is C20H25ClN2O. The van der Waals surface area contributed by atoms with E-state index in [4.69, 9.17) is 5.73 Å². The third-order valence-corrected chi connectivity index (χ3v) is 4.73. The molecule has 2 aromatic carbocycles. The van der Waals surface area contributed by atoms with E-state index in [1.807, 2.05) is 36.9 Å². The summed E-state index contributed by atoms with van der Waals surface area (Å²) < 4.78 is 0. The molecule has 0 unspecified atom stereocenters. The van der Waals surface area contributed by atoms with Crippen molar-refractivity contribution in [2.45, 2.75) is 19.8 Å². The monoisotopic (exact) mass is 344 g/mol. The van der Waals surface area contributed by atoms with Crippen LogP contribution in [-0.4, -0.2) is 30.4 Å². The molecule has 4 heteroatoms. The van der Waals surface area contributed by atoms with Gasteiger partial charge >= 0.3 is 0 Å². The van der Waals surface area contributed by atoms with Crippen molar-refractivity contribution in [3.8, 4) is 0 Å². The Balaban J connectivity index is 0.00000208. The lowest BCUT2D eigenvalue weighted by atomic mass is 9.89. The fourth-order valence-electron chi connectivity index (χ4n) is 3.63. The Bertz CT molecular complexity index is 682. The first kappa shape index (κ1) is 18.5. The number of nitrogens with zero attached hydrogens (tertiary/aromatic N) is 1. The zero-order valence-electron chi connectivity index (χ0n) is 14.2. The fourth-order valence-corrected chi connectivity index (χ4v) is 3.63. The number of aryl methyl sites for hydroxylation is 2.